The topological polar surface area (TPSA) is 62.5 Å². The maximum atomic E-state index is 11.8. The molecule has 0 atom stereocenters. The molecule has 4 heteroatoms. The lowest BCUT2D eigenvalue weighted by Gasteiger charge is -2.10. The minimum Gasteiger partial charge on any atom is -0.508 e. The van der Waals surface area contributed by atoms with Crippen LogP contribution in [0.25, 0.3) is 11.0 Å². The van der Waals surface area contributed by atoms with Gasteiger partial charge in [-0.1, -0.05) is 23.8 Å². The van der Waals surface area contributed by atoms with Gasteiger partial charge in [-0.05, 0) is 69.0 Å². The number of benzene rings is 2. The summed E-state index contributed by atoms with van der Waals surface area (Å²) in [5, 5.41) is 14.1. The molecule has 3 aromatic rings. The van der Waals surface area contributed by atoms with Gasteiger partial charge in [-0.15, -0.1) is 0 Å². The number of nitrogens with one attached hydrogen (secondary N) is 1. The van der Waals surface area contributed by atoms with Crippen molar-refractivity contribution in [1.29, 1.82) is 0 Å². The third-order valence-electron chi connectivity index (χ3n) is 4.83. The second kappa shape index (κ2) is 7.75. The Bertz CT molecular complexity index is 989. The van der Waals surface area contributed by atoms with Crippen molar-refractivity contribution in [3.8, 4) is 5.75 Å². The lowest BCUT2D eigenvalue weighted by Crippen LogP contribution is -2.17. The summed E-state index contributed by atoms with van der Waals surface area (Å²) < 4.78 is 5.28. The van der Waals surface area contributed by atoms with Gasteiger partial charge in [0.05, 0.1) is 0 Å². The Morgan fingerprint density at radius 1 is 1.04 bits per heavy atom. The van der Waals surface area contributed by atoms with Crippen LogP contribution in [0.3, 0.4) is 0 Å². The second-order valence-corrected chi connectivity index (χ2v) is 6.89. The summed E-state index contributed by atoms with van der Waals surface area (Å²) in [4.78, 5) is 11.8. The molecule has 2 N–H and O–H groups in total. The molecule has 0 aliphatic heterocycles. The van der Waals surface area contributed by atoms with Gasteiger partial charge in [-0.3, -0.25) is 0 Å². The zero-order chi connectivity index (χ0) is 18.7. The lowest BCUT2D eigenvalue weighted by molar-refractivity contribution is 0.468. The Balaban J connectivity index is 1.63. The van der Waals surface area contributed by atoms with E-state index < -0.39 is 5.63 Å². The summed E-state index contributed by atoms with van der Waals surface area (Å²) >= 11 is 0. The highest BCUT2D eigenvalue weighted by Crippen LogP contribution is 2.27. The molecule has 0 fully saturated rings. The van der Waals surface area contributed by atoms with E-state index in [2.05, 4.69) is 37.4 Å². The Kier molecular flexibility index (Phi) is 5.43. The first-order valence-electron chi connectivity index (χ1n) is 8.98. The van der Waals surface area contributed by atoms with Crippen LogP contribution in [0.15, 0.2) is 45.6 Å². The zero-order valence-corrected chi connectivity index (χ0v) is 15.6. The molecule has 1 heterocycles. The van der Waals surface area contributed by atoms with Crippen LogP contribution in [0.4, 0.5) is 0 Å². The van der Waals surface area contributed by atoms with Gasteiger partial charge in [0.25, 0.3) is 0 Å². The number of hydrogen-bond donors (Lipinski definition) is 2. The number of phenols is 1. The molecule has 1 aromatic heterocycles. The normalized spacial score (nSPS) is 11.2. The van der Waals surface area contributed by atoms with E-state index >= 15 is 0 Å². The zero-order valence-electron chi connectivity index (χ0n) is 15.6. The number of hydrogen-bond acceptors (Lipinski definition) is 4. The molecule has 4 nitrogen and oxygen atoms in total. The van der Waals surface area contributed by atoms with Gasteiger partial charge in [0.15, 0.2) is 0 Å². The maximum Gasteiger partial charge on any atom is 0.336 e. The van der Waals surface area contributed by atoms with Crippen LogP contribution in [0, 0.1) is 20.8 Å². The number of fused-ring (bicyclic) bond motifs is 1. The molecule has 2 aromatic carbocycles. The van der Waals surface area contributed by atoms with E-state index in [1.807, 2.05) is 0 Å². The fourth-order valence-corrected chi connectivity index (χ4v) is 3.32. The largest absolute Gasteiger partial charge is 0.508 e. The number of aryl methyl sites for hydroxylation is 4. The van der Waals surface area contributed by atoms with E-state index in [1.165, 1.54) is 22.8 Å². The molecule has 0 amide bonds. The van der Waals surface area contributed by atoms with E-state index in [0.717, 1.165) is 30.3 Å². The summed E-state index contributed by atoms with van der Waals surface area (Å²) in [6, 6.07) is 11.5. The standard InChI is InChI=1S/C22H25NO3/c1-14-6-7-17(15(2)11-14)5-4-10-23-13-18-12-21(25)26-22-16(3)20(24)9-8-19(18)22/h6-9,11-12,23-24H,4-5,10,13H2,1-3H3. The average molecular weight is 351 g/mol. The van der Waals surface area contributed by atoms with Crippen LogP contribution in [-0.4, -0.2) is 11.7 Å². The summed E-state index contributed by atoms with van der Waals surface area (Å²) in [5.74, 6) is 0.138. The van der Waals surface area contributed by atoms with Crippen LogP contribution in [0.2, 0.25) is 0 Å². The highest BCUT2D eigenvalue weighted by molar-refractivity contribution is 5.84. The van der Waals surface area contributed by atoms with Crippen molar-refractivity contribution in [3.63, 3.8) is 0 Å². The molecule has 0 spiro atoms. The minimum atomic E-state index is -0.390. The third kappa shape index (κ3) is 3.97. The summed E-state index contributed by atoms with van der Waals surface area (Å²) in [5.41, 5.74) is 5.58. The van der Waals surface area contributed by atoms with E-state index in [0.29, 0.717) is 17.7 Å². The fraction of sp³-hybridized carbons (Fsp3) is 0.318. The smallest absolute Gasteiger partial charge is 0.336 e. The highest BCUT2D eigenvalue weighted by Gasteiger charge is 2.10. The number of rotatable bonds is 6. The van der Waals surface area contributed by atoms with E-state index in [9.17, 15) is 9.90 Å². The molecule has 0 saturated carbocycles. The Morgan fingerprint density at radius 2 is 1.85 bits per heavy atom. The van der Waals surface area contributed by atoms with Gasteiger partial charge in [0.2, 0.25) is 0 Å². The van der Waals surface area contributed by atoms with Crippen molar-refractivity contribution >= 4 is 11.0 Å². The van der Waals surface area contributed by atoms with Crippen LogP contribution in [0.5, 0.6) is 5.75 Å². The third-order valence-corrected chi connectivity index (χ3v) is 4.83. The van der Waals surface area contributed by atoms with Crippen molar-refractivity contribution < 1.29 is 9.52 Å². The minimum absolute atomic E-state index is 0.138. The van der Waals surface area contributed by atoms with Gasteiger partial charge < -0.3 is 14.8 Å². The molecule has 26 heavy (non-hydrogen) atoms. The number of aromatic hydroxyl groups is 1. The monoisotopic (exact) mass is 351 g/mol. The van der Waals surface area contributed by atoms with Crippen LogP contribution < -0.4 is 10.9 Å². The summed E-state index contributed by atoms with van der Waals surface area (Å²) in [6.07, 6.45) is 2.06. The Labute approximate surface area is 153 Å². The predicted molar refractivity (Wildman–Crippen MR) is 105 cm³/mol. The molecule has 0 aliphatic rings. The van der Waals surface area contributed by atoms with Gasteiger partial charge >= 0.3 is 5.63 Å². The molecule has 0 saturated heterocycles. The van der Waals surface area contributed by atoms with E-state index in [-0.39, 0.29) is 5.75 Å². The molecular formula is C22H25NO3. The van der Waals surface area contributed by atoms with Crippen molar-refractivity contribution in [1.82, 2.24) is 5.32 Å². The molecular weight excluding hydrogens is 326 g/mol. The van der Waals surface area contributed by atoms with Crippen LogP contribution in [-0.2, 0) is 13.0 Å². The highest BCUT2D eigenvalue weighted by atomic mass is 16.4. The summed E-state index contributed by atoms with van der Waals surface area (Å²) in [6.45, 7) is 7.48. The second-order valence-electron chi connectivity index (χ2n) is 6.89. The van der Waals surface area contributed by atoms with Crippen molar-refractivity contribution in [2.45, 2.75) is 40.2 Å². The van der Waals surface area contributed by atoms with E-state index in [1.54, 1.807) is 19.1 Å². The van der Waals surface area contributed by atoms with Crippen molar-refractivity contribution in [2.24, 2.45) is 0 Å². The van der Waals surface area contributed by atoms with Gasteiger partial charge in [0, 0.05) is 23.6 Å². The molecule has 0 unspecified atom stereocenters. The summed E-state index contributed by atoms with van der Waals surface area (Å²) in [7, 11) is 0. The van der Waals surface area contributed by atoms with Gasteiger partial charge in [-0.2, -0.15) is 0 Å². The average Bonchev–Trinajstić information content (AvgIpc) is 2.60. The molecule has 0 radical (unpaired) electrons. The molecule has 136 valence electrons. The lowest BCUT2D eigenvalue weighted by atomic mass is 10.0. The van der Waals surface area contributed by atoms with E-state index in [4.69, 9.17) is 4.42 Å². The van der Waals surface area contributed by atoms with Gasteiger partial charge in [-0.25, -0.2) is 4.79 Å². The maximum absolute atomic E-state index is 11.8. The van der Waals surface area contributed by atoms with Crippen LogP contribution in [0.1, 0.15) is 34.2 Å². The Morgan fingerprint density at radius 3 is 2.62 bits per heavy atom. The van der Waals surface area contributed by atoms with Crippen LogP contribution >= 0.6 is 0 Å². The SMILES string of the molecule is Cc1ccc(CCCNCc2cc(=O)oc3c(C)c(O)ccc23)c(C)c1. The predicted octanol–water partition coefficient (Wildman–Crippen LogP) is 4.15. The van der Waals surface area contributed by atoms with Gasteiger partial charge in [0.1, 0.15) is 11.3 Å². The molecule has 0 bridgehead atoms. The first kappa shape index (κ1) is 18.2. The first-order valence-corrected chi connectivity index (χ1v) is 8.98. The van der Waals surface area contributed by atoms with Crippen molar-refractivity contribution in [2.75, 3.05) is 6.54 Å². The fourth-order valence-electron chi connectivity index (χ4n) is 3.32. The molecule has 3 rings (SSSR count). The molecule has 0 aliphatic carbocycles. The number of phenolic OH excluding ortho intramolecular Hbond substituents is 1. The van der Waals surface area contributed by atoms with Crippen molar-refractivity contribution in [3.05, 3.63) is 74.6 Å². The quantitative estimate of drug-likeness (QED) is 0.517. The first-order chi connectivity index (χ1) is 12.5. The Hall–Kier alpha value is -2.59.